The van der Waals surface area contributed by atoms with Crippen LogP contribution in [-0.2, 0) is 14.3 Å². The Kier molecular flexibility index (Phi) is 3.66. The maximum atomic E-state index is 12.2. The average molecular weight is 292 g/mol. The molecule has 0 radical (unpaired) electrons. The van der Waals surface area contributed by atoms with Gasteiger partial charge in [0.25, 0.3) is 5.91 Å². The second-order valence-electron chi connectivity index (χ2n) is 5.08. The number of fused-ring (bicyclic) bond motifs is 1. The monoisotopic (exact) mass is 292 g/mol. The van der Waals surface area contributed by atoms with E-state index in [9.17, 15) is 9.59 Å². The number of hydrogen-bond acceptors (Lipinski definition) is 5. The smallest absolute Gasteiger partial charge is 0.311 e. The van der Waals surface area contributed by atoms with Crippen molar-refractivity contribution in [3.63, 3.8) is 0 Å². The normalized spacial score (nSPS) is 27.1. The van der Waals surface area contributed by atoms with Crippen LogP contribution in [0.5, 0.6) is 5.75 Å². The summed E-state index contributed by atoms with van der Waals surface area (Å²) in [5.74, 6) is -1.40. The van der Waals surface area contributed by atoms with Crippen molar-refractivity contribution >= 4 is 17.6 Å². The van der Waals surface area contributed by atoms with Crippen molar-refractivity contribution in [1.82, 2.24) is 5.32 Å². The molecule has 2 heterocycles. The number of nitrogens with one attached hydrogen (secondary N) is 2. The Labute approximate surface area is 121 Å². The fraction of sp³-hybridized carbons (Fsp3) is 0.429. The number of anilines is 1. The highest BCUT2D eigenvalue weighted by atomic mass is 16.5. The summed E-state index contributed by atoms with van der Waals surface area (Å²) in [5.41, 5.74) is 0.842. The van der Waals surface area contributed by atoms with Crippen molar-refractivity contribution in [3.8, 4) is 5.75 Å². The summed E-state index contributed by atoms with van der Waals surface area (Å²) in [6.07, 6.45) is -0.685. The Morgan fingerprint density at radius 3 is 2.90 bits per heavy atom. The fourth-order valence-corrected chi connectivity index (χ4v) is 2.47. The lowest BCUT2D eigenvalue weighted by Gasteiger charge is -2.27. The number of para-hydroxylation sites is 2. The van der Waals surface area contributed by atoms with Crippen LogP contribution in [0.25, 0.3) is 0 Å². The van der Waals surface area contributed by atoms with Crippen molar-refractivity contribution in [2.75, 3.05) is 25.1 Å². The maximum absolute atomic E-state index is 12.2. The van der Waals surface area contributed by atoms with Gasteiger partial charge in [-0.3, -0.25) is 9.59 Å². The number of carboxylic acid groups (broad SMARTS) is 1. The molecule has 7 heteroatoms. The Hall–Kier alpha value is -2.28. The van der Waals surface area contributed by atoms with Gasteiger partial charge in [-0.2, -0.15) is 0 Å². The second kappa shape index (κ2) is 5.61. The molecular weight excluding hydrogens is 276 g/mol. The number of ether oxygens (including phenoxy) is 2. The van der Waals surface area contributed by atoms with E-state index in [1.165, 1.54) is 0 Å². The van der Waals surface area contributed by atoms with Crippen molar-refractivity contribution in [3.05, 3.63) is 24.3 Å². The average Bonchev–Trinajstić information content (AvgIpc) is 2.95. The van der Waals surface area contributed by atoms with E-state index in [2.05, 4.69) is 10.6 Å². The quantitative estimate of drug-likeness (QED) is 0.730. The Bertz CT molecular complexity index is 562. The first kappa shape index (κ1) is 13.7. The largest absolute Gasteiger partial charge is 0.481 e. The van der Waals surface area contributed by atoms with E-state index in [0.717, 1.165) is 5.69 Å². The van der Waals surface area contributed by atoms with Crippen LogP contribution in [0.15, 0.2) is 24.3 Å². The van der Waals surface area contributed by atoms with Crippen LogP contribution in [0.3, 0.4) is 0 Å². The third-order valence-corrected chi connectivity index (χ3v) is 3.65. The number of carbonyl (C=O) groups is 2. The molecule has 0 bridgehead atoms. The van der Waals surface area contributed by atoms with Gasteiger partial charge in [0.05, 0.1) is 31.5 Å². The van der Waals surface area contributed by atoms with Gasteiger partial charge in [-0.1, -0.05) is 12.1 Å². The van der Waals surface area contributed by atoms with Gasteiger partial charge >= 0.3 is 5.97 Å². The van der Waals surface area contributed by atoms with Crippen LogP contribution in [0.1, 0.15) is 0 Å². The van der Waals surface area contributed by atoms with Gasteiger partial charge < -0.3 is 25.2 Å². The summed E-state index contributed by atoms with van der Waals surface area (Å²) in [5, 5.41) is 14.9. The maximum Gasteiger partial charge on any atom is 0.311 e. The molecule has 112 valence electrons. The molecule has 0 aromatic heterocycles. The van der Waals surface area contributed by atoms with E-state index in [4.69, 9.17) is 14.6 Å². The van der Waals surface area contributed by atoms with Crippen LogP contribution in [0.2, 0.25) is 0 Å². The summed E-state index contributed by atoms with van der Waals surface area (Å²) in [6.45, 7) is 0.667. The van der Waals surface area contributed by atoms with Crippen molar-refractivity contribution in [1.29, 1.82) is 0 Å². The van der Waals surface area contributed by atoms with Gasteiger partial charge in [0, 0.05) is 0 Å². The van der Waals surface area contributed by atoms with Crippen molar-refractivity contribution in [2.45, 2.75) is 12.1 Å². The molecule has 3 rings (SSSR count). The number of rotatable bonds is 3. The molecule has 21 heavy (non-hydrogen) atoms. The second-order valence-corrected chi connectivity index (χ2v) is 5.08. The lowest BCUT2D eigenvalue weighted by molar-refractivity contribution is -0.142. The van der Waals surface area contributed by atoms with E-state index in [1.807, 2.05) is 18.2 Å². The third kappa shape index (κ3) is 2.78. The van der Waals surface area contributed by atoms with Crippen LogP contribution in [0.4, 0.5) is 5.69 Å². The topological polar surface area (TPSA) is 96.9 Å². The van der Waals surface area contributed by atoms with Crippen LogP contribution >= 0.6 is 0 Å². The number of hydrogen-bond donors (Lipinski definition) is 3. The van der Waals surface area contributed by atoms with Crippen LogP contribution in [-0.4, -0.2) is 48.9 Å². The van der Waals surface area contributed by atoms with Gasteiger partial charge in [0.15, 0.2) is 6.10 Å². The molecule has 3 unspecified atom stereocenters. The minimum atomic E-state index is -0.967. The molecule has 1 aromatic rings. The molecule has 2 aliphatic heterocycles. The standard InChI is InChI=1S/C14H16N2O5/c17-13(16-10-7-20-6-8(10)14(18)19)12-5-15-9-3-1-2-4-11(9)21-12/h1-4,8,10,12,15H,5-7H2,(H,16,17)(H,18,19). The van der Waals surface area contributed by atoms with Gasteiger partial charge in [-0.15, -0.1) is 0 Å². The minimum Gasteiger partial charge on any atom is -0.481 e. The van der Waals surface area contributed by atoms with E-state index >= 15 is 0 Å². The highest BCUT2D eigenvalue weighted by Gasteiger charge is 2.37. The number of carbonyl (C=O) groups excluding carboxylic acids is 1. The molecule has 1 amide bonds. The summed E-state index contributed by atoms with van der Waals surface area (Å²) < 4.78 is 10.8. The van der Waals surface area contributed by atoms with Gasteiger partial charge in [0.1, 0.15) is 11.7 Å². The lowest BCUT2D eigenvalue weighted by Crippen LogP contribution is -2.51. The molecule has 0 saturated carbocycles. The summed E-state index contributed by atoms with van der Waals surface area (Å²) in [6, 6.07) is 6.83. The SMILES string of the molecule is O=C(NC1COCC1C(=O)O)C1CNc2ccccc2O1. The molecule has 1 aromatic carbocycles. The highest BCUT2D eigenvalue weighted by Crippen LogP contribution is 2.28. The fourth-order valence-electron chi connectivity index (χ4n) is 2.47. The molecule has 3 N–H and O–H groups in total. The molecule has 3 atom stereocenters. The minimum absolute atomic E-state index is 0.118. The van der Waals surface area contributed by atoms with Gasteiger partial charge in [-0.05, 0) is 12.1 Å². The summed E-state index contributed by atoms with van der Waals surface area (Å²) in [7, 11) is 0. The van der Waals surface area contributed by atoms with E-state index in [1.54, 1.807) is 6.07 Å². The summed E-state index contributed by atoms with van der Waals surface area (Å²) >= 11 is 0. The Morgan fingerprint density at radius 1 is 1.29 bits per heavy atom. The predicted octanol–water partition coefficient (Wildman–Crippen LogP) is 0.0753. The van der Waals surface area contributed by atoms with Gasteiger partial charge in [0.2, 0.25) is 0 Å². The Balaban J connectivity index is 1.63. The van der Waals surface area contributed by atoms with E-state index in [-0.39, 0.29) is 19.1 Å². The first-order valence-corrected chi connectivity index (χ1v) is 6.75. The van der Waals surface area contributed by atoms with Crippen LogP contribution < -0.4 is 15.4 Å². The molecule has 1 fully saturated rings. The first-order valence-electron chi connectivity index (χ1n) is 6.75. The highest BCUT2D eigenvalue weighted by molar-refractivity contribution is 5.84. The summed E-state index contributed by atoms with van der Waals surface area (Å²) in [4.78, 5) is 23.3. The molecule has 0 aliphatic carbocycles. The molecule has 1 saturated heterocycles. The molecule has 0 spiro atoms. The van der Waals surface area contributed by atoms with E-state index in [0.29, 0.717) is 12.3 Å². The van der Waals surface area contributed by atoms with Crippen molar-refractivity contribution in [2.24, 2.45) is 5.92 Å². The van der Waals surface area contributed by atoms with Crippen LogP contribution in [0, 0.1) is 5.92 Å². The zero-order chi connectivity index (χ0) is 14.8. The molecule has 7 nitrogen and oxygen atoms in total. The predicted molar refractivity (Wildman–Crippen MR) is 73.2 cm³/mol. The first-order chi connectivity index (χ1) is 10.1. The van der Waals surface area contributed by atoms with Crippen molar-refractivity contribution < 1.29 is 24.2 Å². The number of benzene rings is 1. The van der Waals surface area contributed by atoms with Gasteiger partial charge in [-0.25, -0.2) is 0 Å². The number of amides is 1. The zero-order valence-corrected chi connectivity index (χ0v) is 11.2. The van der Waals surface area contributed by atoms with E-state index < -0.39 is 24.0 Å². The lowest BCUT2D eigenvalue weighted by atomic mass is 10.0. The Morgan fingerprint density at radius 2 is 2.10 bits per heavy atom. The number of aliphatic carboxylic acids is 1. The number of carboxylic acids is 1. The zero-order valence-electron chi connectivity index (χ0n) is 11.2. The third-order valence-electron chi connectivity index (χ3n) is 3.65. The molecular formula is C14H16N2O5. The molecule has 2 aliphatic rings.